The van der Waals surface area contributed by atoms with Crippen LogP contribution in [0.2, 0.25) is 0 Å². The van der Waals surface area contributed by atoms with Gasteiger partial charge >= 0.3 is 0 Å². The number of methoxy groups -OCH3 is 1. The van der Waals surface area contributed by atoms with Gasteiger partial charge in [-0.15, -0.1) is 0 Å². The summed E-state index contributed by atoms with van der Waals surface area (Å²) in [6.45, 7) is 3.62. The van der Waals surface area contributed by atoms with Gasteiger partial charge in [0.2, 0.25) is 5.91 Å². The van der Waals surface area contributed by atoms with Crippen molar-refractivity contribution in [1.82, 2.24) is 10.2 Å². The molecule has 0 bridgehead atoms. The van der Waals surface area contributed by atoms with E-state index >= 15 is 0 Å². The van der Waals surface area contributed by atoms with E-state index in [1.807, 2.05) is 48.3 Å². The third-order valence-electron chi connectivity index (χ3n) is 4.16. The minimum absolute atomic E-state index is 0.0284. The van der Waals surface area contributed by atoms with E-state index in [2.05, 4.69) is 23.5 Å². The molecule has 0 saturated heterocycles. The second-order valence-electron chi connectivity index (χ2n) is 6.66. The lowest BCUT2D eigenvalue weighted by Crippen LogP contribution is -2.35. The molecule has 5 heteroatoms. The molecule has 0 saturated carbocycles. The molecule has 0 aliphatic carbocycles. The van der Waals surface area contributed by atoms with Gasteiger partial charge in [0.15, 0.2) is 0 Å². The predicted octanol–water partition coefficient (Wildman–Crippen LogP) is 2.99. The van der Waals surface area contributed by atoms with E-state index in [0.29, 0.717) is 32.9 Å². The fourth-order valence-electron chi connectivity index (χ4n) is 2.75. The molecule has 2 aromatic rings. The van der Waals surface area contributed by atoms with Crippen molar-refractivity contribution in [3.63, 3.8) is 0 Å². The molecule has 146 valence electrons. The maximum atomic E-state index is 12.1. The summed E-state index contributed by atoms with van der Waals surface area (Å²) in [5.74, 6) is 0.0284. The Morgan fingerprint density at radius 1 is 1.00 bits per heavy atom. The van der Waals surface area contributed by atoms with Crippen LogP contribution in [0.15, 0.2) is 54.6 Å². The highest BCUT2D eigenvalue weighted by Crippen LogP contribution is 2.09. The predicted molar refractivity (Wildman–Crippen MR) is 107 cm³/mol. The van der Waals surface area contributed by atoms with Crippen LogP contribution in [-0.4, -0.2) is 44.7 Å². The summed E-state index contributed by atoms with van der Waals surface area (Å²) in [5.41, 5.74) is 3.34. The molecular weight excluding hydrogens is 340 g/mol. The molecule has 2 rings (SSSR count). The molecule has 0 heterocycles. The van der Waals surface area contributed by atoms with E-state index in [1.165, 1.54) is 0 Å². The van der Waals surface area contributed by atoms with Crippen molar-refractivity contribution in [2.75, 3.05) is 33.9 Å². The Labute approximate surface area is 162 Å². The number of nitrogens with one attached hydrogen (secondary N) is 1. The number of hydrogen-bond donors (Lipinski definition) is 1. The minimum atomic E-state index is 0.0284. The fraction of sp³-hybridized carbons (Fsp3) is 0.409. The van der Waals surface area contributed by atoms with Crippen LogP contribution in [0, 0.1) is 0 Å². The first kappa shape index (κ1) is 21.1. The van der Waals surface area contributed by atoms with E-state index in [0.717, 1.165) is 29.7 Å². The SMILES string of the molecule is COCCCN(C)CC(=O)NCc1cccc(COCc2ccccc2)c1. The van der Waals surface area contributed by atoms with Gasteiger partial charge in [-0.25, -0.2) is 0 Å². The number of hydrogen-bond acceptors (Lipinski definition) is 4. The normalized spacial score (nSPS) is 10.9. The first-order valence-electron chi connectivity index (χ1n) is 9.31. The van der Waals surface area contributed by atoms with Gasteiger partial charge in [-0.2, -0.15) is 0 Å². The second kappa shape index (κ2) is 12.2. The Bertz CT molecular complexity index is 676. The number of ether oxygens (including phenoxy) is 2. The summed E-state index contributed by atoms with van der Waals surface area (Å²) in [6, 6.07) is 18.3. The van der Waals surface area contributed by atoms with Gasteiger partial charge in [-0.3, -0.25) is 9.69 Å². The largest absolute Gasteiger partial charge is 0.385 e. The van der Waals surface area contributed by atoms with E-state index < -0.39 is 0 Å². The maximum Gasteiger partial charge on any atom is 0.234 e. The molecule has 0 unspecified atom stereocenters. The number of carbonyl (C=O) groups is 1. The lowest BCUT2D eigenvalue weighted by molar-refractivity contribution is -0.122. The zero-order valence-corrected chi connectivity index (χ0v) is 16.3. The lowest BCUT2D eigenvalue weighted by atomic mass is 10.1. The van der Waals surface area contributed by atoms with Crippen LogP contribution in [0.3, 0.4) is 0 Å². The molecular formula is C22H30N2O3. The van der Waals surface area contributed by atoms with Crippen molar-refractivity contribution in [3.8, 4) is 0 Å². The quantitative estimate of drug-likeness (QED) is 0.584. The Morgan fingerprint density at radius 3 is 2.48 bits per heavy atom. The zero-order valence-electron chi connectivity index (χ0n) is 16.3. The van der Waals surface area contributed by atoms with Crippen LogP contribution in [0.1, 0.15) is 23.1 Å². The van der Waals surface area contributed by atoms with E-state index in [4.69, 9.17) is 9.47 Å². The van der Waals surface area contributed by atoms with E-state index in [1.54, 1.807) is 7.11 Å². The van der Waals surface area contributed by atoms with Crippen LogP contribution in [0.4, 0.5) is 0 Å². The highest BCUT2D eigenvalue weighted by atomic mass is 16.5. The number of likely N-dealkylation sites (N-methyl/N-ethyl adjacent to an activating group) is 1. The minimum Gasteiger partial charge on any atom is -0.385 e. The summed E-state index contributed by atoms with van der Waals surface area (Å²) < 4.78 is 10.8. The van der Waals surface area contributed by atoms with Crippen LogP contribution < -0.4 is 5.32 Å². The van der Waals surface area contributed by atoms with Gasteiger partial charge < -0.3 is 14.8 Å². The van der Waals surface area contributed by atoms with E-state index in [-0.39, 0.29) is 5.91 Å². The molecule has 27 heavy (non-hydrogen) atoms. The van der Waals surface area contributed by atoms with Gasteiger partial charge in [0.25, 0.3) is 0 Å². The Hall–Kier alpha value is -2.21. The molecule has 5 nitrogen and oxygen atoms in total. The van der Waals surface area contributed by atoms with Gasteiger partial charge in [-0.1, -0.05) is 54.6 Å². The second-order valence-corrected chi connectivity index (χ2v) is 6.66. The molecule has 2 aromatic carbocycles. The Morgan fingerprint density at radius 2 is 1.70 bits per heavy atom. The summed E-state index contributed by atoms with van der Waals surface area (Å²) in [6.07, 6.45) is 0.922. The van der Waals surface area contributed by atoms with Crippen molar-refractivity contribution < 1.29 is 14.3 Å². The number of nitrogens with zero attached hydrogens (tertiary/aromatic N) is 1. The highest BCUT2D eigenvalue weighted by molar-refractivity contribution is 5.77. The summed E-state index contributed by atoms with van der Waals surface area (Å²) in [5, 5.41) is 2.98. The van der Waals surface area contributed by atoms with Crippen molar-refractivity contribution in [2.24, 2.45) is 0 Å². The van der Waals surface area contributed by atoms with Crippen LogP contribution >= 0.6 is 0 Å². The first-order chi connectivity index (χ1) is 13.2. The third kappa shape index (κ3) is 8.82. The van der Waals surface area contributed by atoms with Crippen LogP contribution in [0.25, 0.3) is 0 Å². The standard InChI is InChI=1S/C22H30N2O3/c1-24(12-7-13-26-2)16-22(25)23-15-20-10-6-11-21(14-20)18-27-17-19-8-4-3-5-9-19/h3-6,8-11,14H,7,12-13,15-18H2,1-2H3,(H,23,25). The molecule has 0 fully saturated rings. The first-order valence-corrected chi connectivity index (χ1v) is 9.31. The maximum absolute atomic E-state index is 12.1. The highest BCUT2D eigenvalue weighted by Gasteiger charge is 2.06. The van der Waals surface area contributed by atoms with Gasteiger partial charge in [-0.05, 0) is 30.2 Å². The van der Waals surface area contributed by atoms with Crippen molar-refractivity contribution in [2.45, 2.75) is 26.2 Å². The third-order valence-corrected chi connectivity index (χ3v) is 4.16. The summed E-state index contributed by atoms with van der Waals surface area (Å²) in [7, 11) is 3.63. The van der Waals surface area contributed by atoms with Gasteiger partial charge in [0.1, 0.15) is 0 Å². The van der Waals surface area contributed by atoms with Gasteiger partial charge in [0.05, 0.1) is 19.8 Å². The zero-order chi connectivity index (χ0) is 19.3. The van der Waals surface area contributed by atoms with Crippen LogP contribution in [-0.2, 0) is 34.0 Å². The topological polar surface area (TPSA) is 50.8 Å². The van der Waals surface area contributed by atoms with Crippen molar-refractivity contribution in [1.29, 1.82) is 0 Å². The summed E-state index contributed by atoms with van der Waals surface area (Å²) >= 11 is 0. The fourth-order valence-corrected chi connectivity index (χ4v) is 2.75. The smallest absolute Gasteiger partial charge is 0.234 e. The van der Waals surface area contributed by atoms with Gasteiger partial charge in [0, 0.05) is 26.8 Å². The Balaban J connectivity index is 1.70. The average Bonchev–Trinajstić information content (AvgIpc) is 2.68. The summed E-state index contributed by atoms with van der Waals surface area (Å²) in [4.78, 5) is 14.1. The molecule has 0 aliphatic heterocycles. The molecule has 1 N–H and O–H groups in total. The molecule has 0 radical (unpaired) electrons. The number of rotatable bonds is 12. The molecule has 0 atom stereocenters. The number of amides is 1. The average molecular weight is 370 g/mol. The van der Waals surface area contributed by atoms with Crippen LogP contribution in [0.5, 0.6) is 0 Å². The number of carbonyl (C=O) groups excluding carboxylic acids is 1. The lowest BCUT2D eigenvalue weighted by Gasteiger charge is -2.16. The number of benzene rings is 2. The molecule has 1 amide bonds. The molecule has 0 aromatic heterocycles. The van der Waals surface area contributed by atoms with Crippen molar-refractivity contribution in [3.05, 3.63) is 71.3 Å². The van der Waals surface area contributed by atoms with E-state index in [9.17, 15) is 4.79 Å². The molecule has 0 aliphatic rings. The Kier molecular flexibility index (Phi) is 9.55. The molecule has 0 spiro atoms. The van der Waals surface area contributed by atoms with Crippen molar-refractivity contribution >= 4 is 5.91 Å². The monoisotopic (exact) mass is 370 g/mol.